The summed E-state index contributed by atoms with van der Waals surface area (Å²) in [4.78, 5) is 14.1. The molecular weight excluding hydrogens is 226 g/mol. The predicted molar refractivity (Wildman–Crippen MR) is 78.8 cm³/mol. The maximum atomic E-state index is 11.7. The van der Waals surface area contributed by atoms with E-state index >= 15 is 0 Å². The Morgan fingerprint density at radius 1 is 1.17 bits per heavy atom. The first kappa shape index (κ1) is 19.8. The van der Waals surface area contributed by atoms with E-state index in [2.05, 4.69) is 4.90 Å². The van der Waals surface area contributed by atoms with Crippen LogP contribution in [0.25, 0.3) is 0 Å². The number of nitrogens with zero attached hydrogens (tertiary/aromatic N) is 1. The molecule has 18 heavy (non-hydrogen) atoms. The van der Waals surface area contributed by atoms with Crippen LogP contribution < -0.4 is 0 Å². The number of esters is 1. The highest BCUT2D eigenvalue weighted by Crippen LogP contribution is 2.21. The predicted octanol–water partition coefficient (Wildman–Crippen LogP) is 3.72. The lowest BCUT2D eigenvalue weighted by Crippen LogP contribution is -2.34. The summed E-state index contributed by atoms with van der Waals surface area (Å²) < 4.78 is 5.32. The number of hydrogen-bond donors (Lipinski definition) is 0. The maximum Gasteiger partial charge on any atom is 0.311 e. The third-order valence-corrected chi connectivity index (χ3v) is 3.53. The first-order chi connectivity index (χ1) is 7.56. The van der Waals surface area contributed by atoms with E-state index in [1.54, 1.807) is 0 Å². The molecule has 0 aromatic rings. The van der Waals surface area contributed by atoms with E-state index in [9.17, 15) is 4.79 Å². The van der Waals surface area contributed by atoms with Gasteiger partial charge in [-0.25, -0.2) is 0 Å². The molecule has 0 spiro atoms. The molecule has 1 aliphatic heterocycles. The number of hydrogen-bond acceptors (Lipinski definition) is 3. The quantitative estimate of drug-likeness (QED) is 0.705. The van der Waals surface area contributed by atoms with Gasteiger partial charge in [0.05, 0.1) is 5.41 Å². The van der Waals surface area contributed by atoms with Gasteiger partial charge in [-0.1, -0.05) is 28.2 Å². The minimum Gasteiger partial charge on any atom is -0.464 e. The van der Waals surface area contributed by atoms with Crippen LogP contribution in [-0.2, 0) is 9.53 Å². The zero-order valence-corrected chi connectivity index (χ0v) is 10.9. The maximum absolute atomic E-state index is 11.7. The Labute approximate surface area is 114 Å². The van der Waals surface area contributed by atoms with Crippen LogP contribution in [-0.4, -0.2) is 37.1 Å². The van der Waals surface area contributed by atoms with E-state index in [0.717, 1.165) is 26.1 Å². The molecule has 0 radical (unpaired) electrons. The van der Waals surface area contributed by atoms with Crippen molar-refractivity contribution in [2.45, 2.75) is 61.3 Å². The second kappa shape index (κ2) is 9.37. The fourth-order valence-electron chi connectivity index (χ4n) is 1.79. The van der Waals surface area contributed by atoms with E-state index < -0.39 is 0 Å². The molecule has 0 aromatic heterocycles. The second-order valence-electron chi connectivity index (χ2n) is 5.28. The first-order valence-corrected chi connectivity index (χ1v) is 6.46. The van der Waals surface area contributed by atoms with Crippen LogP contribution in [0.15, 0.2) is 0 Å². The number of likely N-dealkylation sites (tertiary alicyclic amines) is 1. The number of carbonyl (C=O) groups is 1. The van der Waals surface area contributed by atoms with E-state index in [4.69, 9.17) is 4.74 Å². The molecule has 1 aliphatic rings. The first-order valence-electron chi connectivity index (χ1n) is 6.46. The largest absolute Gasteiger partial charge is 0.464 e. The average Bonchev–Trinajstić information content (AvgIpc) is 2.30. The van der Waals surface area contributed by atoms with Crippen LogP contribution >= 0.6 is 0 Å². The smallest absolute Gasteiger partial charge is 0.311 e. The fraction of sp³-hybridized carbons (Fsp3) is 0.933. The van der Waals surface area contributed by atoms with Crippen LogP contribution in [0.4, 0.5) is 0 Å². The van der Waals surface area contributed by atoms with Gasteiger partial charge in [-0.3, -0.25) is 9.69 Å². The van der Waals surface area contributed by atoms with Crippen molar-refractivity contribution in [1.82, 2.24) is 4.90 Å². The third-order valence-electron chi connectivity index (χ3n) is 3.53. The Morgan fingerprint density at radius 3 is 2.22 bits per heavy atom. The average molecular weight is 259 g/mol. The van der Waals surface area contributed by atoms with Crippen LogP contribution in [0.3, 0.4) is 0 Å². The van der Waals surface area contributed by atoms with Crippen LogP contribution in [0.5, 0.6) is 0 Å². The molecule has 1 rings (SSSR count). The van der Waals surface area contributed by atoms with Gasteiger partial charge in [0.1, 0.15) is 6.61 Å². The number of carbonyl (C=O) groups excluding carboxylic acids is 1. The van der Waals surface area contributed by atoms with Crippen LogP contribution in [0, 0.1) is 5.41 Å². The highest BCUT2D eigenvalue weighted by Gasteiger charge is 2.26. The molecule has 0 saturated carbocycles. The normalized spacial score (nSPS) is 16.4. The molecule has 0 aliphatic carbocycles. The summed E-state index contributed by atoms with van der Waals surface area (Å²) >= 11 is 0. The van der Waals surface area contributed by atoms with Gasteiger partial charge in [-0.05, 0) is 46.2 Å². The highest BCUT2D eigenvalue weighted by molar-refractivity contribution is 5.75. The molecule has 0 unspecified atom stereocenters. The van der Waals surface area contributed by atoms with Crippen molar-refractivity contribution in [3.05, 3.63) is 0 Å². The second-order valence-corrected chi connectivity index (χ2v) is 5.28. The third kappa shape index (κ3) is 6.39. The molecule has 3 nitrogen and oxygen atoms in total. The Bertz CT molecular complexity index is 221. The molecule has 0 aromatic carbocycles. The topological polar surface area (TPSA) is 29.5 Å². The number of piperidine rings is 1. The molecule has 3 heteroatoms. The lowest BCUT2D eigenvalue weighted by molar-refractivity contribution is -0.154. The fourth-order valence-corrected chi connectivity index (χ4v) is 1.79. The zero-order valence-electron chi connectivity index (χ0n) is 10.9. The van der Waals surface area contributed by atoms with E-state index in [1.807, 2.05) is 20.8 Å². The molecule has 0 N–H and O–H groups in total. The van der Waals surface area contributed by atoms with Gasteiger partial charge >= 0.3 is 5.97 Å². The molecule has 1 heterocycles. The Kier molecular flexibility index (Phi) is 10.3. The molecule has 0 amide bonds. The van der Waals surface area contributed by atoms with Gasteiger partial charge in [0.15, 0.2) is 0 Å². The van der Waals surface area contributed by atoms with E-state index in [0.29, 0.717) is 6.61 Å². The molecule has 1 saturated heterocycles. The van der Waals surface area contributed by atoms with Gasteiger partial charge in [-0.2, -0.15) is 0 Å². The van der Waals surface area contributed by atoms with E-state index in [1.165, 1.54) is 19.3 Å². The van der Waals surface area contributed by atoms with Crippen molar-refractivity contribution in [2.24, 2.45) is 5.41 Å². The monoisotopic (exact) mass is 259 g/mol. The minimum atomic E-state index is -0.331. The lowest BCUT2D eigenvalue weighted by Gasteiger charge is -2.27. The zero-order chi connectivity index (χ0) is 12.0. The summed E-state index contributed by atoms with van der Waals surface area (Å²) in [6.07, 6.45) is 4.75. The van der Waals surface area contributed by atoms with Crippen molar-refractivity contribution in [2.75, 3.05) is 26.2 Å². The number of ether oxygens (including phenoxy) is 1. The summed E-state index contributed by atoms with van der Waals surface area (Å²) in [6.45, 7) is 9.66. The van der Waals surface area contributed by atoms with Crippen LogP contribution in [0.2, 0.25) is 0 Å². The Morgan fingerprint density at radius 2 is 1.72 bits per heavy atom. The molecule has 0 bridgehead atoms. The number of rotatable bonds is 5. The molecule has 110 valence electrons. The summed E-state index contributed by atoms with van der Waals surface area (Å²) in [5.41, 5.74) is -0.331. The van der Waals surface area contributed by atoms with E-state index in [-0.39, 0.29) is 26.2 Å². The van der Waals surface area contributed by atoms with Crippen LogP contribution in [0.1, 0.15) is 61.3 Å². The van der Waals surface area contributed by atoms with Crippen molar-refractivity contribution in [3.63, 3.8) is 0 Å². The van der Waals surface area contributed by atoms with Gasteiger partial charge in [0.25, 0.3) is 0 Å². The lowest BCUT2D eigenvalue weighted by atomic mass is 9.91. The van der Waals surface area contributed by atoms with Crippen molar-refractivity contribution < 1.29 is 9.53 Å². The Balaban J connectivity index is 0. The van der Waals surface area contributed by atoms with Gasteiger partial charge in [-0.15, -0.1) is 0 Å². The molecular formula is C15H33NO2. The summed E-state index contributed by atoms with van der Waals surface area (Å²) in [5.74, 6) is -0.0630. The summed E-state index contributed by atoms with van der Waals surface area (Å²) in [6, 6.07) is 0. The summed E-state index contributed by atoms with van der Waals surface area (Å²) in [7, 11) is 0. The standard InChI is InChI=1S/C13H25NO2.2CH4/c1-4-13(2,3)12(15)16-11-10-14-8-6-5-7-9-14;;/h4-11H2,1-3H3;2*1H4. The SMILES string of the molecule is C.C.CCC(C)(C)C(=O)OCCN1CCCCC1. The van der Waals surface area contributed by atoms with Gasteiger partial charge < -0.3 is 4.74 Å². The molecule has 1 fully saturated rings. The minimum absolute atomic E-state index is 0. The van der Waals surface area contributed by atoms with Gasteiger partial charge in [0, 0.05) is 6.54 Å². The molecule has 0 atom stereocenters. The van der Waals surface area contributed by atoms with Crippen molar-refractivity contribution >= 4 is 5.97 Å². The van der Waals surface area contributed by atoms with Crippen molar-refractivity contribution in [1.29, 1.82) is 0 Å². The van der Waals surface area contributed by atoms with Crippen molar-refractivity contribution in [3.8, 4) is 0 Å². The summed E-state index contributed by atoms with van der Waals surface area (Å²) in [5, 5.41) is 0. The van der Waals surface area contributed by atoms with Gasteiger partial charge in [0.2, 0.25) is 0 Å². The Hall–Kier alpha value is -0.570. The highest BCUT2D eigenvalue weighted by atomic mass is 16.5.